The summed E-state index contributed by atoms with van der Waals surface area (Å²) in [5.41, 5.74) is 2.06. The molecule has 10 heteroatoms. The molecule has 2 aromatic heterocycles. The van der Waals surface area contributed by atoms with Crippen molar-refractivity contribution in [1.29, 1.82) is 0 Å². The molecule has 0 aliphatic carbocycles. The molecular weight excluding hydrogens is 361 g/mol. The van der Waals surface area contributed by atoms with Crippen molar-refractivity contribution < 1.29 is 23.1 Å². The summed E-state index contributed by atoms with van der Waals surface area (Å²) in [4.78, 5) is 20.8. The molecule has 2 aromatic rings. The van der Waals surface area contributed by atoms with Crippen molar-refractivity contribution in [2.75, 3.05) is 34.2 Å². The zero-order chi connectivity index (χ0) is 19.2. The lowest BCUT2D eigenvalue weighted by Crippen LogP contribution is -2.28. The van der Waals surface area contributed by atoms with Gasteiger partial charge in [0.25, 0.3) is 0 Å². The molecule has 140 valence electrons. The number of carbonyl (C=O) groups is 1. The van der Waals surface area contributed by atoms with Gasteiger partial charge in [-0.1, -0.05) is 11.6 Å². The van der Waals surface area contributed by atoms with Gasteiger partial charge in [-0.3, -0.25) is 0 Å². The number of aliphatic carboxylic acids is 1. The number of pyridine rings is 1. The summed E-state index contributed by atoms with van der Waals surface area (Å²) < 4.78 is 31.7. The van der Waals surface area contributed by atoms with E-state index in [2.05, 4.69) is 40.9 Å². The molecule has 0 bridgehead atoms. The number of hydrogen-bond acceptors (Lipinski definition) is 4. The number of nitrogens with one attached hydrogen (secondary N) is 1. The van der Waals surface area contributed by atoms with Crippen LogP contribution in [0.1, 0.15) is 5.56 Å². The maximum absolute atomic E-state index is 10.6. The van der Waals surface area contributed by atoms with Crippen molar-refractivity contribution in [2.24, 2.45) is 0 Å². The molecule has 0 aromatic carbocycles. The van der Waals surface area contributed by atoms with Crippen LogP contribution in [-0.4, -0.2) is 71.3 Å². The van der Waals surface area contributed by atoms with Crippen LogP contribution in [-0.2, 0) is 11.3 Å². The van der Waals surface area contributed by atoms with Crippen LogP contribution in [0, 0.1) is 0 Å². The number of aromatic nitrogens is 2. The monoisotopic (exact) mass is 380 g/mol. The maximum Gasteiger partial charge on any atom is 0.490 e. The standard InChI is InChI=1S/C13H19ClN4.C2HF3O2/c1-17(2)6-7-18(3)9-10-8-16-13-12(10)11(14)4-5-15-13;3-2(4,5)1(6)7/h4-5,8H,6-7,9H2,1-3H3,(H,15,16);(H,6,7). The van der Waals surface area contributed by atoms with Gasteiger partial charge in [0, 0.05) is 37.4 Å². The van der Waals surface area contributed by atoms with E-state index in [1.165, 1.54) is 5.56 Å². The van der Waals surface area contributed by atoms with Crippen LogP contribution in [0.2, 0.25) is 5.02 Å². The van der Waals surface area contributed by atoms with E-state index in [-0.39, 0.29) is 0 Å². The van der Waals surface area contributed by atoms with Gasteiger partial charge in [0.05, 0.1) is 5.02 Å². The van der Waals surface area contributed by atoms with Crippen molar-refractivity contribution in [3.05, 3.63) is 29.0 Å². The van der Waals surface area contributed by atoms with Crippen LogP contribution in [0.5, 0.6) is 0 Å². The van der Waals surface area contributed by atoms with Gasteiger partial charge in [-0.25, -0.2) is 9.78 Å². The minimum absolute atomic E-state index is 0.761. The Kier molecular flexibility index (Phi) is 7.65. The second-order valence-corrected chi connectivity index (χ2v) is 6.08. The first-order valence-corrected chi connectivity index (χ1v) is 7.64. The molecule has 0 spiro atoms. The van der Waals surface area contributed by atoms with Gasteiger partial charge in [-0.05, 0) is 32.8 Å². The largest absolute Gasteiger partial charge is 0.490 e. The SMILES string of the molecule is CN(C)CCN(C)Cc1c[nH]c2nccc(Cl)c12.O=C(O)C(F)(F)F. The summed E-state index contributed by atoms with van der Waals surface area (Å²) in [7, 11) is 6.28. The topological polar surface area (TPSA) is 72.5 Å². The fourth-order valence-electron chi connectivity index (χ4n) is 1.95. The Labute approximate surface area is 148 Å². The lowest BCUT2D eigenvalue weighted by Gasteiger charge is -2.18. The number of halogens is 4. The molecule has 0 aliphatic rings. The van der Waals surface area contributed by atoms with Crippen molar-refractivity contribution in [3.63, 3.8) is 0 Å². The smallest absolute Gasteiger partial charge is 0.475 e. The molecule has 25 heavy (non-hydrogen) atoms. The summed E-state index contributed by atoms with van der Waals surface area (Å²) in [5.74, 6) is -2.76. The molecule has 2 heterocycles. The van der Waals surface area contributed by atoms with E-state index in [4.69, 9.17) is 21.5 Å². The Hall–Kier alpha value is -1.84. The minimum atomic E-state index is -5.08. The van der Waals surface area contributed by atoms with Crippen LogP contribution in [0.25, 0.3) is 11.0 Å². The molecular formula is C15H20ClF3N4O2. The number of likely N-dealkylation sites (N-methyl/N-ethyl adjacent to an activating group) is 2. The van der Waals surface area contributed by atoms with E-state index in [0.29, 0.717) is 0 Å². The highest BCUT2D eigenvalue weighted by molar-refractivity contribution is 6.35. The third kappa shape index (κ3) is 6.89. The number of aromatic amines is 1. The van der Waals surface area contributed by atoms with Gasteiger partial charge in [0.1, 0.15) is 5.65 Å². The van der Waals surface area contributed by atoms with E-state index >= 15 is 0 Å². The fourth-order valence-corrected chi connectivity index (χ4v) is 2.21. The van der Waals surface area contributed by atoms with Gasteiger partial charge < -0.3 is 19.9 Å². The fraction of sp³-hybridized carbons (Fsp3) is 0.467. The molecule has 0 aliphatic heterocycles. The van der Waals surface area contributed by atoms with E-state index in [1.807, 2.05) is 12.3 Å². The van der Waals surface area contributed by atoms with Crippen molar-refractivity contribution in [3.8, 4) is 0 Å². The number of H-pyrrole nitrogens is 1. The molecule has 0 saturated carbocycles. The predicted molar refractivity (Wildman–Crippen MR) is 89.7 cm³/mol. The summed E-state index contributed by atoms with van der Waals surface area (Å²) in [6.45, 7) is 2.95. The van der Waals surface area contributed by atoms with Gasteiger partial charge in [0.15, 0.2) is 0 Å². The molecule has 0 saturated heterocycles. The first kappa shape index (κ1) is 21.2. The van der Waals surface area contributed by atoms with Gasteiger partial charge >= 0.3 is 12.1 Å². The summed E-state index contributed by atoms with van der Waals surface area (Å²) in [6.07, 6.45) is -1.36. The molecule has 2 N–H and O–H groups in total. The highest BCUT2D eigenvalue weighted by atomic mass is 35.5. The second kappa shape index (κ2) is 9.02. The first-order chi connectivity index (χ1) is 11.5. The summed E-state index contributed by atoms with van der Waals surface area (Å²) in [6, 6.07) is 1.83. The first-order valence-electron chi connectivity index (χ1n) is 7.26. The Morgan fingerprint density at radius 2 is 1.92 bits per heavy atom. The summed E-state index contributed by atoms with van der Waals surface area (Å²) in [5, 5.41) is 8.92. The number of alkyl halides is 3. The van der Waals surface area contributed by atoms with E-state index in [1.54, 1.807) is 6.20 Å². The van der Waals surface area contributed by atoms with Gasteiger partial charge in [-0.15, -0.1) is 0 Å². The number of nitrogens with zero attached hydrogens (tertiary/aromatic N) is 3. The number of rotatable bonds is 5. The quantitative estimate of drug-likeness (QED) is 0.834. The molecule has 0 radical (unpaired) electrons. The number of hydrogen-bond donors (Lipinski definition) is 2. The van der Waals surface area contributed by atoms with Gasteiger partial charge in [-0.2, -0.15) is 13.2 Å². The normalized spacial score (nSPS) is 11.7. The molecule has 0 fully saturated rings. The lowest BCUT2D eigenvalue weighted by atomic mass is 10.2. The Balaban J connectivity index is 0.000000381. The maximum atomic E-state index is 10.6. The highest BCUT2D eigenvalue weighted by Crippen LogP contribution is 2.25. The molecule has 0 atom stereocenters. The molecule has 0 unspecified atom stereocenters. The zero-order valence-corrected chi connectivity index (χ0v) is 14.8. The van der Waals surface area contributed by atoms with Gasteiger partial charge in [0.2, 0.25) is 0 Å². The third-order valence-electron chi connectivity index (χ3n) is 3.22. The highest BCUT2D eigenvalue weighted by Gasteiger charge is 2.38. The minimum Gasteiger partial charge on any atom is -0.475 e. The Morgan fingerprint density at radius 3 is 2.44 bits per heavy atom. The van der Waals surface area contributed by atoms with Crippen LogP contribution in [0.15, 0.2) is 18.5 Å². The van der Waals surface area contributed by atoms with Crippen LogP contribution in [0.4, 0.5) is 13.2 Å². The van der Waals surface area contributed by atoms with E-state index in [0.717, 1.165) is 35.7 Å². The van der Waals surface area contributed by atoms with Crippen molar-refractivity contribution in [1.82, 2.24) is 19.8 Å². The Morgan fingerprint density at radius 1 is 1.32 bits per heavy atom. The van der Waals surface area contributed by atoms with E-state index < -0.39 is 12.1 Å². The average Bonchev–Trinajstić information content (AvgIpc) is 2.89. The zero-order valence-electron chi connectivity index (χ0n) is 14.1. The summed E-state index contributed by atoms with van der Waals surface area (Å²) >= 11 is 6.23. The van der Waals surface area contributed by atoms with Crippen molar-refractivity contribution in [2.45, 2.75) is 12.7 Å². The molecule has 6 nitrogen and oxygen atoms in total. The second-order valence-electron chi connectivity index (χ2n) is 5.67. The van der Waals surface area contributed by atoms with Crippen LogP contribution in [0.3, 0.4) is 0 Å². The Bertz CT molecular complexity index is 704. The van der Waals surface area contributed by atoms with Crippen LogP contribution < -0.4 is 0 Å². The number of carboxylic acids is 1. The lowest BCUT2D eigenvalue weighted by molar-refractivity contribution is -0.192. The van der Waals surface area contributed by atoms with E-state index in [9.17, 15) is 13.2 Å². The third-order valence-corrected chi connectivity index (χ3v) is 3.53. The average molecular weight is 381 g/mol. The number of carboxylic acid groups (broad SMARTS) is 1. The number of fused-ring (bicyclic) bond motifs is 1. The van der Waals surface area contributed by atoms with Crippen molar-refractivity contribution >= 4 is 28.6 Å². The predicted octanol–water partition coefficient (Wildman–Crippen LogP) is 2.84. The molecule has 2 rings (SSSR count). The van der Waals surface area contributed by atoms with Crippen LogP contribution >= 0.6 is 11.6 Å². The molecule has 0 amide bonds.